The van der Waals surface area contributed by atoms with Gasteiger partial charge in [0.05, 0.1) is 22.3 Å². The second kappa shape index (κ2) is 8.11. The van der Waals surface area contributed by atoms with E-state index in [9.17, 15) is 9.18 Å². The second-order valence-electron chi connectivity index (χ2n) is 7.91. The summed E-state index contributed by atoms with van der Waals surface area (Å²) >= 11 is 1.37. The smallest absolute Gasteiger partial charge is 0.207 e. The van der Waals surface area contributed by atoms with Crippen LogP contribution in [0.2, 0.25) is 0 Å². The van der Waals surface area contributed by atoms with Crippen LogP contribution in [0.3, 0.4) is 0 Å². The van der Waals surface area contributed by atoms with Crippen molar-refractivity contribution in [3.05, 3.63) is 81.6 Å². The lowest BCUT2D eigenvalue weighted by Gasteiger charge is -2.21. The Balaban J connectivity index is 1.75. The Labute approximate surface area is 180 Å². The molecule has 1 atom stereocenters. The maximum Gasteiger partial charge on any atom is 0.207 e. The molecule has 0 unspecified atom stereocenters. The van der Waals surface area contributed by atoms with Gasteiger partial charge in [-0.1, -0.05) is 61.6 Å². The molecule has 6 heteroatoms. The van der Waals surface area contributed by atoms with Crippen molar-refractivity contribution in [3.8, 4) is 0 Å². The van der Waals surface area contributed by atoms with Gasteiger partial charge in [0.15, 0.2) is 5.78 Å². The first-order valence-corrected chi connectivity index (χ1v) is 10.9. The molecule has 1 aliphatic rings. The number of anilines is 1. The summed E-state index contributed by atoms with van der Waals surface area (Å²) in [5, 5.41) is 7.46. The van der Waals surface area contributed by atoms with Gasteiger partial charge in [-0.3, -0.25) is 4.79 Å². The molecule has 1 aromatic heterocycles. The number of rotatable bonds is 5. The summed E-state index contributed by atoms with van der Waals surface area (Å²) in [6.07, 6.45) is 0.681. The maximum absolute atomic E-state index is 13.4. The number of ketones is 1. The molecule has 0 saturated carbocycles. The summed E-state index contributed by atoms with van der Waals surface area (Å²) in [4.78, 5) is 17.2. The first-order chi connectivity index (χ1) is 14.3. The Morgan fingerprint density at radius 3 is 2.37 bits per heavy atom. The normalized spacial score (nSPS) is 16.3. The fourth-order valence-corrected chi connectivity index (χ4v) is 4.64. The molecule has 0 N–H and O–H groups in total. The standard InChI is InChI=1S/C24H24FN3OS/c1-14(2)17-5-7-19(8-6-17)22-13-21(18-9-11-20(25)12-10-18)27-28(22)24-26-15(3)23(30-24)16(4)29/h5-12,14,22H,13H2,1-4H3/t22-/m0/s1. The number of benzene rings is 2. The van der Waals surface area contributed by atoms with Gasteiger partial charge in [-0.05, 0) is 41.7 Å². The van der Waals surface area contributed by atoms with Gasteiger partial charge in [0.2, 0.25) is 5.13 Å². The zero-order valence-electron chi connectivity index (χ0n) is 17.5. The molecule has 0 saturated heterocycles. The number of Topliss-reactive ketones (excluding diaryl/α,β-unsaturated/α-hetero) is 1. The molecule has 0 radical (unpaired) electrons. The van der Waals surface area contributed by atoms with Gasteiger partial charge in [-0.15, -0.1) is 0 Å². The number of hydrogen-bond donors (Lipinski definition) is 0. The molecule has 3 aromatic rings. The Morgan fingerprint density at radius 2 is 1.80 bits per heavy atom. The summed E-state index contributed by atoms with van der Waals surface area (Å²) in [5.41, 5.74) is 4.92. The maximum atomic E-state index is 13.4. The van der Waals surface area contributed by atoms with Crippen molar-refractivity contribution in [2.24, 2.45) is 5.10 Å². The van der Waals surface area contributed by atoms with Crippen molar-refractivity contribution in [2.75, 3.05) is 5.01 Å². The van der Waals surface area contributed by atoms with Crippen LogP contribution in [0.25, 0.3) is 0 Å². The zero-order chi connectivity index (χ0) is 21.4. The number of thiazole rings is 1. The molecule has 4 nitrogen and oxygen atoms in total. The van der Waals surface area contributed by atoms with E-state index in [0.29, 0.717) is 22.3 Å². The third-order valence-corrected chi connectivity index (χ3v) is 6.62. The number of aromatic nitrogens is 1. The Kier molecular flexibility index (Phi) is 5.52. The van der Waals surface area contributed by atoms with Crippen LogP contribution in [0.5, 0.6) is 0 Å². The van der Waals surface area contributed by atoms with Gasteiger partial charge >= 0.3 is 0 Å². The van der Waals surface area contributed by atoms with E-state index in [1.807, 2.05) is 11.9 Å². The molecule has 0 bridgehead atoms. The van der Waals surface area contributed by atoms with Gasteiger partial charge in [-0.25, -0.2) is 14.4 Å². The van der Waals surface area contributed by atoms with Gasteiger partial charge in [0.1, 0.15) is 5.82 Å². The van der Waals surface area contributed by atoms with Crippen LogP contribution < -0.4 is 5.01 Å². The van der Waals surface area contributed by atoms with Gasteiger partial charge in [0, 0.05) is 13.3 Å². The Morgan fingerprint density at radius 1 is 1.13 bits per heavy atom. The van der Waals surface area contributed by atoms with Crippen molar-refractivity contribution in [1.82, 2.24) is 4.98 Å². The van der Waals surface area contributed by atoms with E-state index in [0.717, 1.165) is 22.5 Å². The monoisotopic (exact) mass is 421 g/mol. The van der Waals surface area contributed by atoms with Gasteiger partial charge in [-0.2, -0.15) is 5.10 Å². The highest BCUT2D eigenvalue weighted by Gasteiger charge is 2.32. The molecule has 2 heterocycles. The highest BCUT2D eigenvalue weighted by Crippen LogP contribution is 2.39. The van der Waals surface area contributed by atoms with Crippen molar-refractivity contribution < 1.29 is 9.18 Å². The second-order valence-corrected chi connectivity index (χ2v) is 8.88. The SMILES string of the molecule is CC(=O)c1sc(N2N=C(c3ccc(F)cc3)C[C@H]2c2ccc(C(C)C)cc2)nc1C. The minimum absolute atomic E-state index is 0.0102. The topological polar surface area (TPSA) is 45.6 Å². The first kappa shape index (κ1) is 20.4. The van der Waals surface area contributed by atoms with Crippen LogP contribution >= 0.6 is 11.3 Å². The fraction of sp³-hybridized carbons (Fsp3) is 0.292. The fourth-order valence-electron chi connectivity index (χ4n) is 3.67. The Bertz CT molecular complexity index is 1100. The summed E-state index contributed by atoms with van der Waals surface area (Å²) in [7, 11) is 0. The van der Waals surface area contributed by atoms with Crippen molar-refractivity contribution in [3.63, 3.8) is 0 Å². The molecule has 0 fully saturated rings. The van der Waals surface area contributed by atoms with Crippen LogP contribution in [0, 0.1) is 12.7 Å². The number of hydrazone groups is 1. The van der Waals surface area contributed by atoms with E-state index < -0.39 is 0 Å². The molecule has 0 spiro atoms. The molecule has 2 aromatic carbocycles. The molecule has 30 heavy (non-hydrogen) atoms. The molecular formula is C24H24FN3OS. The Hall–Kier alpha value is -2.86. The van der Waals surface area contributed by atoms with E-state index in [4.69, 9.17) is 5.10 Å². The average molecular weight is 422 g/mol. The number of aryl methyl sites for hydroxylation is 1. The largest absolute Gasteiger partial charge is 0.294 e. The van der Waals surface area contributed by atoms with Gasteiger partial charge < -0.3 is 0 Å². The van der Waals surface area contributed by atoms with E-state index in [1.54, 1.807) is 19.1 Å². The van der Waals surface area contributed by atoms with Crippen LogP contribution in [0.4, 0.5) is 9.52 Å². The third-order valence-electron chi connectivity index (χ3n) is 5.38. The highest BCUT2D eigenvalue weighted by molar-refractivity contribution is 7.17. The molecule has 0 amide bonds. The van der Waals surface area contributed by atoms with Crippen molar-refractivity contribution in [1.29, 1.82) is 0 Å². The number of carbonyl (C=O) groups is 1. The number of nitrogens with zero attached hydrogens (tertiary/aromatic N) is 3. The van der Waals surface area contributed by atoms with Crippen molar-refractivity contribution >= 4 is 28.0 Å². The lowest BCUT2D eigenvalue weighted by atomic mass is 9.95. The number of halogens is 1. The molecule has 1 aliphatic heterocycles. The van der Waals surface area contributed by atoms with E-state index in [2.05, 4.69) is 43.1 Å². The van der Waals surface area contributed by atoms with Crippen LogP contribution in [0.1, 0.15) is 71.2 Å². The zero-order valence-corrected chi connectivity index (χ0v) is 18.3. The molecule has 4 rings (SSSR count). The summed E-state index contributed by atoms with van der Waals surface area (Å²) in [6.45, 7) is 7.76. The molecular weight excluding hydrogens is 397 g/mol. The predicted molar refractivity (Wildman–Crippen MR) is 120 cm³/mol. The lowest BCUT2D eigenvalue weighted by Crippen LogP contribution is -2.18. The summed E-state index contributed by atoms with van der Waals surface area (Å²) < 4.78 is 13.4. The van der Waals surface area contributed by atoms with Gasteiger partial charge in [0.25, 0.3) is 0 Å². The minimum Gasteiger partial charge on any atom is -0.294 e. The van der Waals surface area contributed by atoms with Crippen LogP contribution in [0.15, 0.2) is 53.6 Å². The average Bonchev–Trinajstić information content (AvgIpc) is 3.32. The quantitative estimate of drug-likeness (QED) is 0.456. The van der Waals surface area contributed by atoms with E-state index >= 15 is 0 Å². The van der Waals surface area contributed by atoms with Crippen LogP contribution in [-0.2, 0) is 0 Å². The summed E-state index contributed by atoms with van der Waals surface area (Å²) in [5.74, 6) is 0.206. The molecule has 154 valence electrons. The van der Waals surface area contributed by atoms with E-state index in [-0.39, 0.29) is 17.6 Å². The first-order valence-electron chi connectivity index (χ1n) is 10.0. The summed E-state index contributed by atoms with van der Waals surface area (Å²) in [6, 6.07) is 15.0. The number of hydrogen-bond acceptors (Lipinski definition) is 5. The minimum atomic E-state index is -0.267. The predicted octanol–water partition coefficient (Wildman–Crippen LogP) is 6.27. The van der Waals surface area contributed by atoms with Crippen molar-refractivity contribution in [2.45, 2.75) is 46.1 Å². The molecule has 0 aliphatic carbocycles. The van der Waals surface area contributed by atoms with Crippen LogP contribution in [-0.4, -0.2) is 16.5 Å². The third kappa shape index (κ3) is 3.92. The lowest BCUT2D eigenvalue weighted by molar-refractivity contribution is 0.102. The number of carbonyl (C=O) groups excluding carboxylic acids is 1. The van der Waals surface area contributed by atoms with E-state index in [1.165, 1.54) is 29.0 Å². The highest BCUT2D eigenvalue weighted by atomic mass is 32.1.